The molecule has 2 amide bonds. The summed E-state index contributed by atoms with van der Waals surface area (Å²) in [5, 5.41) is 3.18. The summed E-state index contributed by atoms with van der Waals surface area (Å²) in [5.41, 5.74) is 2.68. The molecule has 1 heterocycles. The molecule has 0 unspecified atom stereocenters. The number of fused-ring (bicyclic) bond motifs is 1. The van der Waals surface area contributed by atoms with Crippen LogP contribution < -0.4 is 10.0 Å². The zero-order chi connectivity index (χ0) is 26.0. The van der Waals surface area contributed by atoms with Crippen molar-refractivity contribution in [2.75, 3.05) is 19.4 Å². The van der Waals surface area contributed by atoms with Gasteiger partial charge in [0.25, 0.3) is 11.8 Å². The molecule has 0 aliphatic carbocycles. The Morgan fingerprint density at radius 1 is 0.917 bits per heavy atom. The Morgan fingerprint density at radius 2 is 1.58 bits per heavy atom. The molecule has 10 heteroatoms. The average Bonchev–Trinajstić information content (AvgIpc) is 2.85. The maximum atomic E-state index is 14.9. The summed E-state index contributed by atoms with van der Waals surface area (Å²) in [5.74, 6) is -2.43. The molecule has 0 atom stereocenters. The van der Waals surface area contributed by atoms with Crippen LogP contribution in [0, 0.1) is 12.7 Å². The van der Waals surface area contributed by atoms with E-state index < -0.39 is 27.8 Å². The minimum atomic E-state index is -4.04. The van der Waals surface area contributed by atoms with Gasteiger partial charge in [0.1, 0.15) is 5.82 Å². The van der Waals surface area contributed by atoms with E-state index in [2.05, 4.69) is 5.32 Å². The summed E-state index contributed by atoms with van der Waals surface area (Å²) in [6.07, 6.45) is 0. The number of para-hydroxylation sites is 1. The highest BCUT2D eigenvalue weighted by Crippen LogP contribution is 2.30. The van der Waals surface area contributed by atoms with Crippen LogP contribution in [0.3, 0.4) is 0 Å². The lowest BCUT2D eigenvalue weighted by Gasteiger charge is -2.15. The van der Waals surface area contributed by atoms with E-state index in [1.165, 1.54) is 26.2 Å². The Kier molecular flexibility index (Phi) is 6.82. The second-order valence-electron chi connectivity index (χ2n) is 8.21. The van der Waals surface area contributed by atoms with Crippen LogP contribution in [0.1, 0.15) is 26.3 Å². The molecule has 0 aliphatic rings. The molecular formula is C26H23FN4O4S. The van der Waals surface area contributed by atoms with Gasteiger partial charge in [0, 0.05) is 30.6 Å². The number of aromatic nitrogens is 1. The van der Waals surface area contributed by atoms with Crippen LogP contribution >= 0.6 is 0 Å². The lowest BCUT2D eigenvalue weighted by Crippen LogP contribution is -2.39. The van der Waals surface area contributed by atoms with Crippen LogP contribution in [0.2, 0.25) is 0 Å². The quantitative estimate of drug-likeness (QED) is 0.409. The Balaban J connectivity index is 1.69. The van der Waals surface area contributed by atoms with Gasteiger partial charge in [-0.15, -0.1) is 0 Å². The molecule has 0 fully saturated rings. The third kappa shape index (κ3) is 4.95. The number of rotatable bonds is 6. The molecule has 4 rings (SSSR count). The largest absolute Gasteiger partial charge is 0.319 e. The summed E-state index contributed by atoms with van der Waals surface area (Å²) in [7, 11) is -1.53. The summed E-state index contributed by atoms with van der Waals surface area (Å²) in [4.78, 5) is 30.4. The summed E-state index contributed by atoms with van der Waals surface area (Å²) in [6.45, 7) is 1.78. The highest BCUT2D eigenvalue weighted by atomic mass is 32.2. The number of hydrogen-bond acceptors (Lipinski definition) is 5. The van der Waals surface area contributed by atoms with Crippen molar-refractivity contribution in [3.63, 3.8) is 0 Å². The number of nitrogens with zero attached hydrogens (tertiary/aromatic N) is 2. The van der Waals surface area contributed by atoms with Gasteiger partial charge in [0.2, 0.25) is 0 Å². The first-order valence-corrected chi connectivity index (χ1v) is 12.3. The molecule has 36 heavy (non-hydrogen) atoms. The molecule has 1 aromatic heterocycles. The molecule has 0 spiro atoms. The van der Waals surface area contributed by atoms with Crippen LogP contribution in [-0.4, -0.2) is 43.6 Å². The zero-order valence-corrected chi connectivity index (χ0v) is 20.6. The minimum Gasteiger partial charge on any atom is -0.319 e. The van der Waals surface area contributed by atoms with Gasteiger partial charge in [0.05, 0.1) is 22.5 Å². The van der Waals surface area contributed by atoms with Gasteiger partial charge in [-0.25, -0.2) is 14.1 Å². The van der Waals surface area contributed by atoms with Crippen molar-refractivity contribution in [3.05, 3.63) is 95.3 Å². The predicted molar refractivity (Wildman–Crippen MR) is 136 cm³/mol. The van der Waals surface area contributed by atoms with Crippen LogP contribution in [0.15, 0.2) is 72.8 Å². The molecule has 0 saturated heterocycles. The third-order valence-corrected chi connectivity index (χ3v) is 7.00. The first-order valence-electron chi connectivity index (χ1n) is 10.9. The van der Waals surface area contributed by atoms with Gasteiger partial charge < -0.3 is 5.32 Å². The highest BCUT2D eigenvalue weighted by Gasteiger charge is 2.22. The number of pyridine rings is 1. The third-order valence-electron chi connectivity index (χ3n) is 5.59. The smallest absolute Gasteiger partial charge is 0.303 e. The van der Waals surface area contributed by atoms with E-state index >= 15 is 0 Å². The van der Waals surface area contributed by atoms with Crippen molar-refractivity contribution >= 4 is 38.6 Å². The van der Waals surface area contributed by atoms with Crippen molar-refractivity contribution in [2.45, 2.75) is 6.92 Å². The molecule has 3 aromatic carbocycles. The molecule has 184 valence electrons. The fourth-order valence-electron chi connectivity index (χ4n) is 3.69. The van der Waals surface area contributed by atoms with E-state index in [1.807, 2.05) is 41.1 Å². The number of anilines is 1. The topological polar surface area (TPSA) is 108 Å². The SMILES string of the molecule is Cc1c(-c2ccccc2)nc2ccccc2c1C(=O)Nc1ccc(C(=O)NS(=O)(=O)N(C)C)cc1F. The Labute approximate surface area is 208 Å². The molecule has 0 radical (unpaired) electrons. The van der Waals surface area contributed by atoms with Crippen LogP contribution in [0.5, 0.6) is 0 Å². The lowest BCUT2D eigenvalue weighted by molar-refractivity contribution is 0.0978. The summed E-state index contributed by atoms with van der Waals surface area (Å²) < 4.78 is 41.3. The second kappa shape index (κ2) is 9.84. The van der Waals surface area contributed by atoms with Crippen molar-refractivity contribution in [1.82, 2.24) is 14.0 Å². The zero-order valence-electron chi connectivity index (χ0n) is 19.7. The van der Waals surface area contributed by atoms with Gasteiger partial charge in [-0.2, -0.15) is 12.7 Å². The first-order chi connectivity index (χ1) is 17.1. The predicted octanol–water partition coefficient (Wildman–Crippen LogP) is 4.14. The molecule has 0 aliphatic heterocycles. The summed E-state index contributed by atoms with van der Waals surface area (Å²) >= 11 is 0. The monoisotopic (exact) mass is 506 g/mol. The lowest BCUT2D eigenvalue weighted by atomic mass is 9.97. The maximum absolute atomic E-state index is 14.9. The Bertz CT molecular complexity index is 1590. The van der Waals surface area contributed by atoms with E-state index in [4.69, 9.17) is 4.98 Å². The summed E-state index contributed by atoms with van der Waals surface area (Å²) in [6, 6.07) is 19.9. The Morgan fingerprint density at radius 3 is 2.25 bits per heavy atom. The fraction of sp³-hybridized carbons (Fsp3) is 0.115. The molecule has 8 nitrogen and oxygen atoms in total. The van der Waals surface area contributed by atoms with Crippen LogP contribution in [0.4, 0.5) is 10.1 Å². The number of carbonyl (C=O) groups is 2. The maximum Gasteiger partial charge on any atom is 0.303 e. The van der Waals surface area contributed by atoms with Gasteiger partial charge in [0.15, 0.2) is 0 Å². The molecule has 4 aromatic rings. The van der Waals surface area contributed by atoms with E-state index in [0.29, 0.717) is 27.7 Å². The normalized spacial score (nSPS) is 11.5. The van der Waals surface area contributed by atoms with Gasteiger partial charge in [-0.3, -0.25) is 9.59 Å². The van der Waals surface area contributed by atoms with E-state index in [1.54, 1.807) is 25.1 Å². The van der Waals surface area contributed by atoms with Crippen molar-refractivity contribution < 1.29 is 22.4 Å². The van der Waals surface area contributed by atoms with Crippen molar-refractivity contribution in [2.24, 2.45) is 0 Å². The van der Waals surface area contributed by atoms with Gasteiger partial charge in [-0.1, -0.05) is 48.5 Å². The second-order valence-corrected chi connectivity index (χ2v) is 10.1. The van der Waals surface area contributed by atoms with Gasteiger partial charge >= 0.3 is 10.2 Å². The number of benzene rings is 3. The van der Waals surface area contributed by atoms with E-state index in [0.717, 1.165) is 15.9 Å². The molecule has 0 saturated carbocycles. The molecule has 2 N–H and O–H groups in total. The van der Waals surface area contributed by atoms with E-state index in [-0.39, 0.29) is 11.3 Å². The van der Waals surface area contributed by atoms with Crippen molar-refractivity contribution in [3.8, 4) is 11.3 Å². The van der Waals surface area contributed by atoms with Crippen LogP contribution in [0.25, 0.3) is 22.2 Å². The average molecular weight is 507 g/mol. The highest BCUT2D eigenvalue weighted by molar-refractivity contribution is 7.87. The van der Waals surface area contributed by atoms with Gasteiger partial charge in [-0.05, 0) is 36.8 Å². The van der Waals surface area contributed by atoms with Crippen molar-refractivity contribution in [1.29, 1.82) is 0 Å². The minimum absolute atomic E-state index is 0.159. The Hall–Kier alpha value is -4.15. The fourth-order valence-corrected chi connectivity index (χ4v) is 4.22. The molecular weight excluding hydrogens is 483 g/mol. The number of carbonyl (C=O) groups excluding carboxylic acids is 2. The number of nitrogens with one attached hydrogen (secondary N) is 2. The first kappa shape index (κ1) is 25.0. The van der Waals surface area contributed by atoms with E-state index in [9.17, 15) is 22.4 Å². The molecule has 0 bridgehead atoms. The number of amides is 2. The number of hydrogen-bond donors (Lipinski definition) is 2. The van der Waals surface area contributed by atoms with Crippen LogP contribution in [-0.2, 0) is 10.2 Å². The number of halogens is 1. The standard InChI is InChI=1S/C26H23FN4O4S/c1-16-23(19-11-7-8-12-21(19)28-24(16)17-9-5-4-6-10-17)26(33)29-22-14-13-18(15-20(22)27)25(32)30-36(34,35)31(2)3/h4-15H,1-3H3,(H,29,33)(H,30,32).